The van der Waals surface area contributed by atoms with Crippen LogP contribution >= 0.6 is 0 Å². The fraction of sp³-hybridized carbons (Fsp3) is 0.412. The van der Waals surface area contributed by atoms with Gasteiger partial charge in [-0.25, -0.2) is 9.37 Å². The van der Waals surface area contributed by atoms with Crippen molar-refractivity contribution in [2.75, 3.05) is 7.05 Å². The van der Waals surface area contributed by atoms with E-state index in [1.165, 1.54) is 6.07 Å². The second-order valence-electron chi connectivity index (χ2n) is 5.76. The van der Waals surface area contributed by atoms with Gasteiger partial charge in [-0.1, -0.05) is 32.0 Å². The van der Waals surface area contributed by atoms with Gasteiger partial charge >= 0.3 is 0 Å². The maximum atomic E-state index is 13.6. The SMILES string of the molecule is CN=C(NCc1ccccc1F)NCc1nccn1CC(C)C. The van der Waals surface area contributed by atoms with Crippen molar-refractivity contribution in [3.63, 3.8) is 0 Å². The lowest BCUT2D eigenvalue weighted by Gasteiger charge is -2.14. The van der Waals surface area contributed by atoms with Gasteiger partial charge in [0.25, 0.3) is 0 Å². The molecule has 1 aromatic carbocycles. The molecule has 6 heteroatoms. The predicted molar refractivity (Wildman–Crippen MR) is 90.5 cm³/mol. The summed E-state index contributed by atoms with van der Waals surface area (Å²) in [5.74, 6) is 1.91. The van der Waals surface area contributed by atoms with Gasteiger partial charge in [0.1, 0.15) is 11.6 Å². The van der Waals surface area contributed by atoms with E-state index in [2.05, 4.69) is 39.0 Å². The molecule has 0 aliphatic rings. The number of hydrogen-bond acceptors (Lipinski definition) is 2. The van der Waals surface area contributed by atoms with Gasteiger partial charge in [-0.15, -0.1) is 0 Å². The Balaban J connectivity index is 1.89. The Morgan fingerprint density at radius 1 is 1.26 bits per heavy atom. The van der Waals surface area contributed by atoms with E-state index in [-0.39, 0.29) is 5.82 Å². The summed E-state index contributed by atoms with van der Waals surface area (Å²) in [6.45, 7) is 6.22. The van der Waals surface area contributed by atoms with E-state index in [4.69, 9.17) is 0 Å². The molecule has 0 atom stereocenters. The minimum absolute atomic E-state index is 0.220. The Morgan fingerprint density at radius 3 is 2.70 bits per heavy atom. The van der Waals surface area contributed by atoms with Gasteiger partial charge in [-0.05, 0) is 12.0 Å². The average molecular weight is 317 g/mol. The zero-order valence-corrected chi connectivity index (χ0v) is 13.9. The van der Waals surface area contributed by atoms with Crippen LogP contribution in [0, 0.1) is 11.7 Å². The number of hydrogen-bond donors (Lipinski definition) is 2. The first kappa shape index (κ1) is 17.0. The normalized spacial score (nSPS) is 11.8. The van der Waals surface area contributed by atoms with Crippen LogP contribution in [0.15, 0.2) is 41.7 Å². The zero-order valence-electron chi connectivity index (χ0n) is 13.9. The van der Waals surface area contributed by atoms with Crippen molar-refractivity contribution in [2.24, 2.45) is 10.9 Å². The average Bonchev–Trinajstić information content (AvgIpc) is 2.95. The molecule has 0 saturated heterocycles. The molecule has 2 rings (SSSR count). The molecule has 0 bridgehead atoms. The van der Waals surface area contributed by atoms with E-state index in [9.17, 15) is 4.39 Å². The number of aromatic nitrogens is 2. The van der Waals surface area contributed by atoms with E-state index in [0.717, 1.165) is 12.4 Å². The second kappa shape index (κ2) is 8.31. The molecule has 0 saturated carbocycles. The summed E-state index contributed by atoms with van der Waals surface area (Å²) in [7, 11) is 1.69. The van der Waals surface area contributed by atoms with Gasteiger partial charge in [-0.2, -0.15) is 0 Å². The first-order chi connectivity index (χ1) is 11.1. The van der Waals surface area contributed by atoms with Crippen molar-refractivity contribution in [3.8, 4) is 0 Å². The molecule has 1 heterocycles. The molecule has 0 radical (unpaired) electrons. The maximum Gasteiger partial charge on any atom is 0.191 e. The van der Waals surface area contributed by atoms with Crippen LogP contribution in [0.4, 0.5) is 4.39 Å². The smallest absolute Gasteiger partial charge is 0.191 e. The Labute approximate surface area is 136 Å². The lowest BCUT2D eigenvalue weighted by Crippen LogP contribution is -2.37. The van der Waals surface area contributed by atoms with Crippen molar-refractivity contribution in [3.05, 3.63) is 53.9 Å². The van der Waals surface area contributed by atoms with Crippen LogP contribution in [0.25, 0.3) is 0 Å². The highest BCUT2D eigenvalue weighted by Crippen LogP contribution is 2.06. The van der Waals surface area contributed by atoms with Gasteiger partial charge < -0.3 is 15.2 Å². The molecule has 0 fully saturated rings. The number of nitrogens with zero attached hydrogens (tertiary/aromatic N) is 3. The predicted octanol–water partition coefficient (Wildman–Crippen LogP) is 2.54. The van der Waals surface area contributed by atoms with Crippen LogP contribution in [0.3, 0.4) is 0 Å². The Bertz CT molecular complexity index is 648. The molecule has 5 nitrogen and oxygen atoms in total. The van der Waals surface area contributed by atoms with Crippen molar-refractivity contribution >= 4 is 5.96 Å². The monoisotopic (exact) mass is 317 g/mol. The summed E-state index contributed by atoms with van der Waals surface area (Å²) in [6, 6.07) is 6.71. The van der Waals surface area contributed by atoms with Crippen LogP contribution in [-0.2, 0) is 19.6 Å². The fourth-order valence-corrected chi connectivity index (χ4v) is 2.27. The number of guanidine groups is 1. The minimum atomic E-state index is -0.220. The molecule has 2 aromatic rings. The Hall–Kier alpha value is -2.37. The van der Waals surface area contributed by atoms with Crippen molar-refractivity contribution < 1.29 is 4.39 Å². The minimum Gasteiger partial charge on any atom is -0.352 e. The highest BCUT2D eigenvalue weighted by molar-refractivity contribution is 5.79. The third kappa shape index (κ3) is 5.09. The maximum absolute atomic E-state index is 13.6. The molecule has 0 unspecified atom stereocenters. The van der Waals surface area contributed by atoms with Crippen molar-refractivity contribution in [1.82, 2.24) is 20.2 Å². The molecule has 2 N–H and O–H groups in total. The topological polar surface area (TPSA) is 54.2 Å². The lowest BCUT2D eigenvalue weighted by atomic mass is 10.2. The second-order valence-corrected chi connectivity index (χ2v) is 5.76. The first-order valence-electron chi connectivity index (χ1n) is 7.78. The summed E-state index contributed by atoms with van der Waals surface area (Å²) in [4.78, 5) is 8.52. The Morgan fingerprint density at radius 2 is 2.00 bits per heavy atom. The van der Waals surface area contributed by atoms with Gasteiger partial charge in [0.15, 0.2) is 5.96 Å². The van der Waals surface area contributed by atoms with E-state index in [0.29, 0.717) is 30.5 Å². The highest BCUT2D eigenvalue weighted by atomic mass is 19.1. The summed E-state index contributed by atoms with van der Waals surface area (Å²) in [5.41, 5.74) is 0.608. The summed E-state index contributed by atoms with van der Waals surface area (Å²) in [5, 5.41) is 6.32. The molecule has 0 amide bonds. The van der Waals surface area contributed by atoms with Crippen molar-refractivity contribution in [2.45, 2.75) is 33.5 Å². The number of nitrogens with one attached hydrogen (secondary N) is 2. The molecule has 23 heavy (non-hydrogen) atoms. The summed E-state index contributed by atoms with van der Waals surface area (Å²) < 4.78 is 15.7. The largest absolute Gasteiger partial charge is 0.352 e. The highest BCUT2D eigenvalue weighted by Gasteiger charge is 2.07. The third-order valence-corrected chi connectivity index (χ3v) is 3.41. The van der Waals surface area contributed by atoms with Gasteiger partial charge in [0, 0.05) is 38.1 Å². The van der Waals surface area contributed by atoms with E-state index in [1.807, 2.05) is 12.3 Å². The fourth-order valence-electron chi connectivity index (χ4n) is 2.27. The quantitative estimate of drug-likeness (QED) is 0.636. The number of aliphatic imine (C=N–C) groups is 1. The molecule has 0 spiro atoms. The van der Waals surface area contributed by atoms with E-state index >= 15 is 0 Å². The number of rotatable bonds is 6. The van der Waals surface area contributed by atoms with Crippen LogP contribution in [0.2, 0.25) is 0 Å². The zero-order chi connectivity index (χ0) is 16.7. The summed E-state index contributed by atoms with van der Waals surface area (Å²) in [6.07, 6.45) is 3.78. The molecule has 124 valence electrons. The Kier molecular flexibility index (Phi) is 6.14. The van der Waals surface area contributed by atoms with Gasteiger partial charge in [0.2, 0.25) is 0 Å². The lowest BCUT2D eigenvalue weighted by molar-refractivity contribution is 0.503. The number of benzene rings is 1. The number of halogens is 1. The molecule has 0 aliphatic carbocycles. The third-order valence-electron chi connectivity index (χ3n) is 3.41. The van der Waals surface area contributed by atoms with E-state index in [1.54, 1.807) is 25.4 Å². The first-order valence-corrected chi connectivity index (χ1v) is 7.78. The van der Waals surface area contributed by atoms with Crippen LogP contribution in [0.1, 0.15) is 25.2 Å². The van der Waals surface area contributed by atoms with Gasteiger partial charge in [0.05, 0.1) is 6.54 Å². The summed E-state index contributed by atoms with van der Waals surface area (Å²) >= 11 is 0. The molecule has 0 aliphatic heterocycles. The van der Waals surface area contributed by atoms with Crippen LogP contribution in [-0.4, -0.2) is 22.6 Å². The molecule has 1 aromatic heterocycles. The number of imidazole rings is 1. The van der Waals surface area contributed by atoms with E-state index < -0.39 is 0 Å². The van der Waals surface area contributed by atoms with Crippen molar-refractivity contribution in [1.29, 1.82) is 0 Å². The van der Waals surface area contributed by atoms with Gasteiger partial charge in [-0.3, -0.25) is 4.99 Å². The van der Waals surface area contributed by atoms with Crippen LogP contribution in [0.5, 0.6) is 0 Å². The van der Waals surface area contributed by atoms with Crippen LogP contribution < -0.4 is 10.6 Å². The molecular weight excluding hydrogens is 293 g/mol. The molecular formula is C17H24FN5. The standard InChI is InChI=1S/C17H24FN5/c1-13(2)12-23-9-8-20-16(23)11-22-17(19-3)21-10-14-6-4-5-7-15(14)18/h4-9,13H,10-12H2,1-3H3,(H2,19,21,22).